The molecule has 12 heteroatoms. The van der Waals surface area contributed by atoms with Gasteiger partial charge in [-0.2, -0.15) is 0 Å². The van der Waals surface area contributed by atoms with Gasteiger partial charge < -0.3 is 36.1 Å². The maximum absolute atomic E-state index is 15.2. The van der Waals surface area contributed by atoms with Gasteiger partial charge in [0.2, 0.25) is 6.35 Å². The number of nitrogens with two attached hydrogens (primary N) is 1. The molecule has 0 radical (unpaired) electrons. The number of H-pyrrole nitrogens is 1. The monoisotopic (exact) mass is 627 g/mol. The zero-order valence-electron chi connectivity index (χ0n) is 25.0. The Balaban J connectivity index is 1.31. The number of hydrogen-bond acceptors (Lipinski definition) is 7. The molecule has 3 heterocycles. The number of aliphatic hydroxyl groups is 1. The number of benzene rings is 2. The number of ether oxygens (including phenoxy) is 1. The largest absolute Gasteiger partial charge is 0.378 e. The molecule has 1 saturated heterocycles. The number of nitrogens with one attached hydrogen (secondary N) is 4. The third kappa shape index (κ3) is 7.47. The first-order valence-electron chi connectivity index (χ1n) is 14.8. The number of hydrogen-bond donors (Lipinski definition) is 6. The van der Waals surface area contributed by atoms with Crippen molar-refractivity contribution in [3.8, 4) is 11.3 Å². The van der Waals surface area contributed by atoms with Gasteiger partial charge in [0.15, 0.2) is 5.82 Å². The Kier molecular flexibility index (Phi) is 10.0. The van der Waals surface area contributed by atoms with Crippen LogP contribution in [0.1, 0.15) is 43.9 Å². The van der Waals surface area contributed by atoms with Gasteiger partial charge in [-0.25, -0.2) is 13.8 Å². The molecule has 2 aromatic carbocycles. The fourth-order valence-electron chi connectivity index (χ4n) is 5.37. The molecule has 3 aromatic rings. The summed E-state index contributed by atoms with van der Waals surface area (Å²) in [6, 6.07) is 13.1. The lowest BCUT2D eigenvalue weighted by molar-refractivity contribution is 0.0431. The van der Waals surface area contributed by atoms with E-state index in [0.717, 1.165) is 23.2 Å². The third-order valence-electron chi connectivity index (χ3n) is 8.22. The Morgan fingerprint density at radius 2 is 2.02 bits per heavy atom. The molecule has 0 bridgehead atoms. The minimum Gasteiger partial charge on any atom is -0.378 e. The molecule has 0 aliphatic carbocycles. The molecule has 1 fully saturated rings. The quantitative estimate of drug-likeness (QED) is 0.142. The number of aryl methyl sites for hydroxylation is 1. The standard InChI is InChI=1S/C32H40ClF2N7O2/c1-32(2,18-36)9-7-19-11-24(29(35)25(33)12-19)26-13-21-15-42(31(43)41-30(21)40-26)23-5-3-20(4-6-23)27-17-44-16-22(39-27)8-10-38-28(37)14-34/h3-6,11-13,15,22,27,31,39,43H,7-10,14,16-18,36H2,1-2H3,(H2,37,38)(H,40,41)/t22-,27+,31?/m1/s1. The lowest BCUT2D eigenvalue weighted by Crippen LogP contribution is -2.45. The Morgan fingerprint density at radius 1 is 1.25 bits per heavy atom. The molecule has 7 N–H and O–H groups in total. The SMILES string of the molecule is CC(C)(CN)CCc1cc(Cl)c(F)c(-c2cc3c([nH]2)=NC(O)N(c2ccc([C@@H]4COC[C@@H](CCNC(=N)CF)N4)cc2)C=3)c1. The van der Waals surface area contributed by atoms with Gasteiger partial charge in [-0.05, 0) is 72.7 Å². The molecule has 2 aliphatic rings. The van der Waals surface area contributed by atoms with Gasteiger partial charge in [0.1, 0.15) is 18.0 Å². The van der Waals surface area contributed by atoms with E-state index in [1.165, 1.54) is 0 Å². The fourth-order valence-corrected chi connectivity index (χ4v) is 5.62. The average Bonchev–Trinajstić information content (AvgIpc) is 3.44. The van der Waals surface area contributed by atoms with E-state index in [1.54, 1.807) is 23.2 Å². The summed E-state index contributed by atoms with van der Waals surface area (Å²) in [6.45, 7) is 5.50. The smallest absolute Gasteiger partial charge is 0.231 e. The van der Waals surface area contributed by atoms with Crippen molar-refractivity contribution >= 4 is 29.3 Å². The van der Waals surface area contributed by atoms with Crippen molar-refractivity contribution in [3.05, 3.63) is 75.1 Å². The van der Waals surface area contributed by atoms with Gasteiger partial charge in [-0.1, -0.05) is 37.6 Å². The van der Waals surface area contributed by atoms with Gasteiger partial charge in [-0.15, -0.1) is 0 Å². The van der Waals surface area contributed by atoms with E-state index in [9.17, 15) is 9.50 Å². The number of alkyl halides is 1. The van der Waals surface area contributed by atoms with Crippen LogP contribution in [0.3, 0.4) is 0 Å². The Hall–Kier alpha value is -3.35. The molecule has 3 atom stereocenters. The lowest BCUT2D eigenvalue weighted by Gasteiger charge is -2.32. The molecule has 0 amide bonds. The van der Waals surface area contributed by atoms with Gasteiger partial charge in [0.25, 0.3) is 0 Å². The summed E-state index contributed by atoms with van der Waals surface area (Å²) >= 11 is 6.29. The number of halogens is 3. The predicted octanol–water partition coefficient (Wildman–Crippen LogP) is 3.50. The van der Waals surface area contributed by atoms with Gasteiger partial charge in [-0.3, -0.25) is 5.41 Å². The van der Waals surface area contributed by atoms with Gasteiger partial charge in [0.05, 0.1) is 30.0 Å². The van der Waals surface area contributed by atoms with Crippen LogP contribution >= 0.6 is 11.6 Å². The van der Waals surface area contributed by atoms with E-state index in [1.807, 2.05) is 30.3 Å². The summed E-state index contributed by atoms with van der Waals surface area (Å²) in [7, 11) is 0. The van der Waals surface area contributed by atoms with E-state index >= 15 is 4.39 Å². The molecular weight excluding hydrogens is 588 g/mol. The molecule has 2 aliphatic heterocycles. The first-order chi connectivity index (χ1) is 21.1. The first kappa shape index (κ1) is 32.1. The summed E-state index contributed by atoms with van der Waals surface area (Å²) in [5.41, 5.74) is 9.85. The lowest BCUT2D eigenvalue weighted by atomic mass is 9.86. The second-order valence-electron chi connectivity index (χ2n) is 12.2. The van der Waals surface area contributed by atoms with E-state index in [4.69, 9.17) is 27.5 Å². The summed E-state index contributed by atoms with van der Waals surface area (Å²) in [5, 5.41) is 25.4. The number of aromatic amines is 1. The summed E-state index contributed by atoms with van der Waals surface area (Å²) in [5.74, 6) is -0.637. The molecular formula is C32H40ClF2N7O2. The molecule has 5 rings (SSSR count). The first-order valence-corrected chi connectivity index (χ1v) is 15.2. The third-order valence-corrected chi connectivity index (χ3v) is 8.49. The molecule has 1 unspecified atom stereocenters. The second kappa shape index (κ2) is 13.7. The highest BCUT2D eigenvalue weighted by Crippen LogP contribution is 2.30. The van der Waals surface area contributed by atoms with Crippen molar-refractivity contribution in [2.24, 2.45) is 16.1 Å². The van der Waals surface area contributed by atoms with Crippen molar-refractivity contribution in [2.45, 2.75) is 51.5 Å². The molecule has 44 heavy (non-hydrogen) atoms. The van der Waals surface area contributed by atoms with Crippen LogP contribution in [-0.4, -0.2) is 61.3 Å². The maximum atomic E-state index is 15.2. The number of aromatic nitrogens is 1. The zero-order chi connectivity index (χ0) is 31.4. The van der Waals surface area contributed by atoms with Crippen LogP contribution in [0.4, 0.5) is 14.5 Å². The Bertz CT molecular complexity index is 1590. The van der Waals surface area contributed by atoms with Crippen LogP contribution in [0.25, 0.3) is 17.5 Å². The van der Waals surface area contributed by atoms with Crippen LogP contribution in [-0.2, 0) is 11.2 Å². The summed E-state index contributed by atoms with van der Waals surface area (Å²) < 4.78 is 33.5. The number of anilines is 1. The Morgan fingerprint density at radius 3 is 2.75 bits per heavy atom. The van der Waals surface area contributed by atoms with Crippen LogP contribution < -0.4 is 32.0 Å². The molecule has 0 spiro atoms. The number of nitrogens with zero attached hydrogens (tertiary/aromatic N) is 2. The fraction of sp³-hybridized carbons (Fsp3) is 0.438. The van der Waals surface area contributed by atoms with E-state index < -0.39 is 18.8 Å². The number of amidine groups is 1. The van der Waals surface area contributed by atoms with Crippen LogP contribution in [0, 0.1) is 16.6 Å². The topological polar surface area (TPSA) is 135 Å². The van der Waals surface area contributed by atoms with Gasteiger partial charge in [0, 0.05) is 35.3 Å². The average molecular weight is 628 g/mol. The van der Waals surface area contributed by atoms with E-state index in [0.29, 0.717) is 61.1 Å². The highest BCUT2D eigenvalue weighted by molar-refractivity contribution is 6.31. The zero-order valence-corrected chi connectivity index (χ0v) is 25.7. The van der Waals surface area contributed by atoms with Crippen molar-refractivity contribution in [2.75, 3.05) is 37.9 Å². The highest BCUT2D eigenvalue weighted by Gasteiger charge is 2.24. The molecule has 1 aromatic heterocycles. The summed E-state index contributed by atoms with van der Waals surface area (Å²) in [4.78, 5) is 9.22. The number of morpholine rings is 1. The minimum absolute atomic E-state index is 0.0268. The molecule has 236 valence electrons. The van der Waals surface area contributed by atoms with Crippen molar-refractivity contribution in [1.82, 2.24) is 15.6 Å². The van der Waals surface area contributed by atoms with Crippen molar-refractivity contribution in [3.63, 3.8) is 0 Å². The predicted molar refractivity (Wildman–Crippen MR) is 169 cm³/mol. The number of rotatable bonds is 11. The minimum atomic E-state index is -1.17. The van der Waals surface area contributed by atoms with Crippen LogP contribution in [0.5, 0.6) is 0 Å². The normalized spacial score (nSPS) is 20.1. The van der Waals surface area contributed by atoms with Crippen molar-refractivity contribution < 1.29 is 18.6 Å². The second-order valence-corrected chi connectivity index (χ2v) is 12.6. The van der Waals surface area contributed by atoms with Crippen LogP contribution in [0.15, 0.2) is 47.5 Å². The van der Waals surface area contributed by atoms with Gasteiger partial charge >= 0.3 is 0 Å². The van der Waals surface area contributed by atoms with E-state index in [-0.39, 0.29) is 28.4 Å². The van der Waals surface area contributed by atoms with E-state index in [2.05, 4.69) is 34.5 Å². The van der Waals surface area contributed by atoms with Crippen LogP contribution in [0.2, 0.25) is 5.02 Å². The molecule has 9 nitrogen and oxygen atoms in total. The molecule has 0 saturated carbocycles. The maximum Gasteiger partial charge on any atom is 0.231 e. The number of fused-ring (bicyclic) bond motifs is 1. The Labute approximate surface area is 260 Å². The number of aliphatic hydroxyl groups excluding tert-OH is 1. The highest BCUT2D eigenvalue weighted by atomic mass is 35.5. The summed E-state index contributed by atoms with van der Waals surface area (Å²) in [6.07, 6.45) is 2.86. The van der Waals surface area contributed by atoms with Crippen molar-refractivity contribution in [1.29, 1.82) is 5.41 Å².